The molecule has 0 radical (unpaired) electrons. The monoisotopic (exact) mass is 380 g/mol. The second kappa shape index (κ2) is 7.36. The van der Waals surface area contributed by atoms with E-state index in [4.69, 9.17) is 4.42 Å². The van der Waals surface area contributed by atoms with Crippen LogP contribution in [-0.4, -0.2) is 21.9 Å². The van der Waals surface area contributed by atoms with Gasteiger partial charge >= 0.3 is 5.97 Å². The second-order valence-corrected chi connectivity index (χ2v) is 6.18. The van der Waals surface area contributed by atoms with Crippen LogP contribution in [0.3, 0.4) is 0 Å². The SMILES string of the molecule is Cc1ccc(-c2ccc(C(=O)Nc3c(C)cccc3C(=O)O)o2)cc1[N+](=O)[O-]. The molecule has 0 aliphatic rings. The number of nitrogens with zero attached hydrogens (tertiary/aromatic N) is 1. The molecule has 0 aliphatic heterocycles. The largest absolute Gasteiger partial charge is 0.478 e. The predicted molar refractivity (Wildman–Crippen MR) is 102 cm³/mol. The molecule has 0 bridgehead atoms. The lowest BCUT2D eigenvalue weighted by Crippen LogP contribution is -2.15. The van der Waals surface area contributed by atoms with Crippen LogP contribution in [0.25, 0.3) is 11.3 Å². The molecule has 1 amide bonds. The lowest BCUT2D eigenvalue weighted by atomic mass is 10.1. The zero-order valence-electron chi connectivity index (χ0n) is 15.1. The zero-order valence-corrected chi connectivity index (χ0v) is 15.1. The third-order valence-corrected chi connectivity index (χ3v) is 4.26. The summed E-state index contributed by atoms with van der Waals surface area (Å²) >= 11 is 0. The van der Waals surface area contributed by atoms with Crippen molar-refractivity contribution in [3.63, 3.8) is 0 Å². The minimum absolute atomic E-state index is 0.0331. The first kappa shape index (κ1) is 18.8. The number of furan rings is 1. The van der Waals surface area contributed by atoms with Crippen LogP contribution in [0, 0.1) is 24.0 Å². The Morgan fingerprint density at radius 1 is 1.07 bits per heavy atom. The summed E-state index contributed by atoms with van der Waals surface area (Å²) in [5.41, 5.74) is 1.66. The second-order valence-electron chi connectivity index (χ2n) is 6.18. The number of hydrogen-bond donors (Lipinski definition) is 2. The molecule has 2 N–H and O–H groups in total. The molecule has 28 heavy (non-hydrogen) atoms. The van der Waals surface area contributed by atoms with Gasteiger partial charge in [-0.1, -0.05) is 24.3 Å². The minimum Gasteiger partial charge on any atom is -0.478 e. The number of benzene rings is 2. The Morgan fingerprint density at radius 2 is 1.82 bits per heavy atom. The Morgan fingerprint density at radius 3 is 2.50 bits per heavy atom. The van der Waals surface area contributed by atoms with Gasteiger partial charge in [0.15, 0.2) is 5.76 Å². The van der Waals surface area contributed by atoms with Crippen molar-refractivity contribution in [2.45, 2.75) is 13.8 Å². The van der Waals surface area contributed by atoms with Gasteiger partial charge in [-0.15, -0.1) is 0 Å². The van der Waals surface area contributed by atoms with Crippen LogP contribution in [0.1, 0.15) is 32.0 Å². The number of nitro groups is 1. The van der Waals surface area contributed by atoms with Gasteiger partial charge in [-0.05, 0) is 37.6 Å². The molecule has 8 heteroatoms. The molecule has 1 aromatic heterocycles. The predicted octanol–water partition coefficient (Wildman–Crippen LogP) is 4.42. The van der Waals surface area contributed by atoms with Gasteiger partial charge in [0.2, 0.25) is 0 Å². The van der Waals surface area contributed by atoms with Gasteiger partial charge in [0.1, 0.15) is 5.76 Å². The number of rotatable bonds is 5. The molecule has 1 heterocycles. The van der Waals surface area contributed by atoms with E-state index in [-0.39, 0.29) is 28.5 Å². The molecule has 0 atom stereocenters. The van der Waals surface area contributed by atoms with Gasteiger partial charge in [-0.2, -0.15) is 0 Å². The molecule has 3 rings (SSSR count). The minimum atomic E-state index is -1.16. The van der Waals surface area contributed by atoms with Crippen molar-refractivity contribution < 1.29 is 24.0 Å². The summed E-state index contributed by atoms with van der Waals surface area (Å²) in [7, 11) is 0. The van der Waals surface area contributed by atoms with Crippen LogP contribution in [-0.2, 0) is 0 Å². The molecule has 8 nitrogen and oxygen atoms in total. The Hall–Kier alpha value is -3.94. The quantitative estimate of drug-likeness (QED) is 0.499. The summed E-state index contributed by atoms with van der Waals surface area (Å²) in [6.45, 7) is 3.31. The number of carbonyl (C=O) groups excluding carboxylic acids is 1. The van der Waals surface area contributed by atoms with Crippen molar-refractivity contribution >= 4 is 23.3 Å². The first-order valence-corrected chi connectivity index (χ1v) is 8.27. The van der Waals surface area contributed by atoms with E-state index in [1.165, 1.54) is 24.3 Å². The summed E-state index contributed by atoms with van der Waals surface area (Å²) in [5, 5.41) is 23.0. The van der Waals surface area contributed by atoms with Crippen molar-refractivity contribution in [3.8, 4) is 11.3 Å². The summed E-state index contributed by atoms with van der Waals surface area (Å²) in [4.78, 5) is 34.5. The fourth-order valence-corrected chi connectivity index (χ4v) is 2.76. The molecular weight excluding hydrogens is 364 g/mol. The third kappa shape index (κ3) is 3.61. The summed E-state index contributed by atoms with van der Waals surface area (Å²) in [5.74, 6) is -1.54. The Kier molecular flexibility index (Phi) is 4.95. The maximum absolute atomic E-state index is 12.5. The van der Waals surface area contributed by atoms with Crippen LogP contribution in [0.2, 0.25) is 0 Å². The van der Waals surface area contributed by atoms with Crippen molar-refractivity contribution in [1.82, 2.24) is 0 Å². The smallest absolute Gasteiger partial charge is 0.337 e. The highest BCUT2D eigenvalue weighted by molar-refractivity contribution is 6.07. The zero-order chi connectivity index (χ0) is 20.4. The standard InChI is InChI=1S/C20H16N2O6/c1-11-6-7-13(10-15(11)22(26)27)16-8-9-17(28-16)19(23)21-18-12(2)4-3-5-14(18)20(24)25/h3-10H,1-2H3,(H,21,23)(H,24,25). The number of aromatic carboxylic acids is 1. The van der Waals surface area contributed by atoms with Crippen LogP contribution < -0.4 is 5.32 Å². The van der Waals surface area contributed by atoms with E-state index < -0.39 is 16.8 Å². The number of carbonyl (C=O) groups is 2. The molecular formula is C20H16N2O6. The van der Waals surface area contributed by atoms with E-state index in [1.54, 1.807) is 38.1 Å². The lowest BCUT2D eigenvalue weighted by molar-refractivity contribution is -0.385. The first-order valence-electron chi connectivity index (χ1n) is 8.27. The average Bonchev–Trinajstić information content (AvgIpc) is 3.13. The number of carboxylic acid groups (broad SMARTS) is 1. The first-order chi connectivity index (χ1) is 13.3. The molecule has 142 valence electrons. The Balaban J connectivity index is 1.89. The van der Waals surface area contributed by atoms with Crippen LogP contribution in [0.4, 0.5) is 11.4 Å². The molecule has 0 saturated heterocycles. The van der Waals surface area contributed by atoms with Crippen LogP contribution in [0.15, 0.2) is 52.9 Å². The topological polar surface area (TPSA) is 123 Å². The van der Waals surface area contributed by atoms with Gasteiger partial charge < -0.3 is 14.8 Å². The molecule has 2 aromatic carbocycles. The number of aryl methyl sites for hydroxylation is 2. The van der Waals surface area contributed by atoms with E-state index in [9.17, 15) is 24.8 Å². The number of amides is 1. The van der Waals surface area contributed by atoms with Gasteiger partial charge in [0, 0.05) is 17.2 Å². The summed E-state index contributed by atoms with van der Waals surface area (Å²) in [6.07, 6.45) is 0. The van der Waals surface area contributed by atoms with E-state index in [0.29, 0.717) is 16.7 Å². The highest BCUT2D eigenvalue weighted by atomic mass is 16.6. The van der Waals surface area contributed by atoms with Crippen molar-refractivity contribution in [2.24, 2.45) is 0 Å². The van der Waals surface area contributed by atoms with Crippen molar-refractivity contribution in [1.29, 1.82) is 0 Å². The number of nitrogens with one attached hydrogen (secondary N) is 1. The van der Waals surface area contributed by atoms with E-state index in [0.717, 1.165) is 0 Å². The fraction of sp³-hybridized carbons (Fsp3) is 0.100. The van der Waals surface area contributed by atoms with Gasteiger partial charge in [-0.3, -0.25) is 14.9 Å². The molecule has 0 unspecified atom stereocenters. The molecule has 3 aromatic rings. The van der Waals surface area contributed by atoms with Gasteiger partial charge in [0.25, 0.3) is 11.6 Å². The van der Waals surface area contributed by atoms with Crippen LogP contribution in [0.5, 0.6) is 0 Å². The normalized spacial score (nSPS) is 10.5. The maximum atomic E-state index is 12.5. The molecule has 0 saturated carbocycles. The number of carboxylic acids is 1. The third-order valence-electron chi connectivity index (χ3n) is 4.26. The molecule has 0 fully saturated rings. The summed E-state index contributed by atoms with van der Waals surface area (Å²) < 4.78 is 5.54. The number of anilines is 1. The number of hydrogen-bond acceptors (Lipinski definition) is 5. The lowest BCUT2D eigenvalue weighted by Gasteiger charge is -2.10. The van der Waals surface area contributed by atoms with Gasteiger partial charge in [0.05, 0.1) is 16.2 Å². The fourth-order valence-electron chi connectivity index (χ4n) is 2.76. The van der Waals surface area contributed by atoms with E-state index >= 15 is 0 Å². The van der Waals surface area contributed by atoms with Crippen LogP contribution >= 0.6 is 0 Å². The highest BCUT2D eigenvalue weighted by Gasteiger charge is 2.19. The Bertz CT molecular complexity index is 1100. The van der Waals surface area contributed by atoms with Crippen molar-refractivity contribution in [3.05, 3.63) is 81.1 Å². The van der Waals surface area contributed by atoms with Gasteiger partial charge in [-0.25, -0.2) is 4.79 Å². The van der Waals surface area contributed by atoms with E-state index in [1.807, 2.05) is 0 Å². The molecule has 0 spiro atoms. The van der Waals surface area contributed by atoms with Crippen molar-refractivity contribution in [2.75, 3.05) is 5.32 Å². The average molecular weight is 380 g/mol. The molecule has 0 aliphatic carbocycles. The number of para-hydroxylation sites is 1. The maximum Gasteiger partial charge on any atom is 0.337 e. The van der Waals surface area contributed by atoms with E-state index in [2.05, 4.69) is 5.32 Å². The number of nitro benzene ring substituents is 1. The Labute approximate surface area is 159 Å². The summed E-state index contributed by atoms with van der Waals surface area (Å²) in [6, 6.07) is 12.2. The highest BCUT2D eigenvalue weighted by Crippen LogP contribution is 2.29.